The van der Waals surface area contributed by atoms with Crippen molar-refractivity contribution in [3.05, 3.63) is 11.1 Å². The molecule has 0 aliphatic heterocycles. The highest BCUT2D eigenvalue weighted by Gasteiger charge is 2.28. The van der Waals surface area contributed by atoms with Crippen molar-refractivity contribution in [1.29, 1.82) is 0 Å². The number of carboxylic acids is 1. The molecule has 0 aliphatic carbocycles. The molecule has 0 spiro atoms. The van der Waals surface area contributed by atoms with E-state index >= 15 is 0 Å². The topological polar surface area (TPSA) is 70.5 Å². The summed E-state index contributed by atoms with van der Waals surface area (Å²) < 4.78 is -0.838. The third-order valence-electron chi connectivity index (χ3n) is 2.56. The van der Waals surface area contributed by atoms with Crippen LogP contribution in [0.5, 0.6) is 0 Å². The van der Waals surface area contributed by atoms with Crippen LogP contribution < -0.4 is 4.90 Å². The third-order valence-corrected chi connectivity index (χ3v) is 4.81. The van der Waals surface area contributed by atoms with Crippen LogP contribution >= 0.6 is 23.1 Å². The van der Waals surface area contributed by atoms with Crippen LogP contribution in [0.25, 0.3) is 0 Å². The Balaban J connectivity index is 2.71. The number of thiazole rings is 1. The number of aromatic nitrogens is 1. The lowest BCUT2D eigenvalue weighted by atomic mass is 10.2. The van der Waals surface area contributed by atoms with Gasteiger partial charge in [0.05, 0.1) is 5.69 Å². The molecule has 1 heterocycles. The van der Waals surface area contributed by atoms with Gasteiger partial charge in [0.1, 0.15) is 4.75 Å². The van der Waals surface area contributed by atoms with Crippen molar-refractivity contribution in [2.75, 3.05) is 11.4 Å². The molecule has 19 heavy (non-hydrogen) atoms. The largest absolute Gasteiger partial charge is 0.480 e. The first-order valence-corrected chi connectivity index (χ1v) is 7.74. The summed E-state index contributed by atoms with van der Waals surface area (Å²) in [7, 11) is 0. The van der Waals surface area contributed by atoms with Crippen LogP contribution in [0, 0.1) is 0 Å². The van der Waals surface area contributed by atoms with Crippen molar-refractivity contribution in [2.24, 2.45) is 0 Å². The highest BCUT2D eigenvalue weighted by atomic mass is 32.2. The Labute approximate surface area is 121 Å². The van der Waals surface area contributed by atoms with Gasteiger partial charge in [-0.25, -0.2) is 4.98 Å². The Morgan fingerprint density at radius 3 is 2.63 bits per heavy atom. The third kappa shape index (κ3) is 4.21. The number of thioether (sulfide) groups is 1. The van der Waals surface area contributed by atoms with E-state index in [1.165, 1.54) is 30.0 Å². The molecule has 1 amide bonds. The number of carboxylic acid groups (broad SMARTS) is 1. The Morgan fingerprint density at radius 1 is 1.53 bits per heavy atom. The second-order valence-corrected chi connectivity index (χ2v) is 6.92. The van der Waals surface area contributed by atoms with E-state index in [1.807, 2.05) is 12.3 Å². The molecule has 106 valence electrons. The van der Waals surface area contributed by atoms with Crippen molar-refractivity contribution >= 4 is 40.1 Å². The lowest BCUT2D eigenvalue weighted by Gasteiger charge is -2.17. The molecule has 0 aromatic carbocycles. The average Bonchev–Trinajstić information content (AvgIpc) is 2.75. The normalized spacial score (nSPS) is 11.4. The number of aliphatic carboxylic acids is 1. The minimum absolute atomic E-state index is 0.0399. The number of carbonyl (C=O) groups excluding carboxylic acids is 1. The maximum Gasteiger partial charge on any atom is 0.319 e. The lowest BCUT2D eigenvalue weighted by Crippen LogP contribution is -2.28. The highest BCUT2D eigenvalue weighted by Crippen LogP contribution is 2.30. The van der Waals surface area contributed by atoms with Crippen molar-refractivity contribution in [1.82, 2.24) is 4.98 Å². The molecule has 1 rings (SSSR count). The molecule has 1 aromatic rings. The maximum absolute atomic E-state index is 11.4. The Kier molecular flexibility index (Phi) is 5.37. The highest BCUT2D eigenvalue weighted by molar-refractivity contribution is 8.00. The zero-order chi connectivity index (χ0) is 14.6. The van der Waals surface area contributed by atoms with E-state index in [1.54, 1.807) is 18.7 Å². The quantitative estimate of drug-likeness (QED) is 0.874. The van der Waals surface area contributed by atoms with Crippen LogP contribution in [0.3, 0.4) is 0 Å². The summed E-state index contributed by atoms with van der Waals surface area (Å²) in [6, 6.07) is 0. The minimum atomic E-state index is -0.841. The van der Waals surface area contributed by atoms with Gasteiger partial charge in [-0.05, 0) is 20.8 Å². The summed E-state index contributed by atoms with van der Waals surface area (Å²) in [4.78, 5) is 28.4. The standard InChI is InChI=1S/C12H18N2O3S2/c1-5-14(8(2)15)11-13-9(6-18-11)7-19-12(3,4)10(16)17/h6H,5,7H2,1-4H3,(H,16,17). The predicted molar refractivity (Wildman–Crippen MR) is 78.8 cm³/mol. The molecule has 0 saturated carbocycles. The molecule has 1 N–H and O–H groups in total. The second-order valence-electron chi connectivity index (χ2n) is 4.49. The fourth-order valence-electron chi connectivity index (χ4n) is 1.30. The summed E-state index contributed by atoms with van der Waals surface area (Å²) in [5.41, 5.74) is 0.805. The summed E-state index contributed by atoms with van der Waals surface area (Å²) in [6.07, 6.45) is 0. The van der Waals surface area contributed by atoms with E-state index in [-0.39, 0.29) is 5.91 Å². The minimum Gasteiger partial charge on any atom is -0.480 e. The maximum atomic E-state index is 11.4. The fourth-order valence-corrected chi connectivity index (χ4v) is 3.11. The van der Waals surface area contributed by atoms with Gasteiger partial charge in [0, 0.05) is 24.6 Å². The van der Waals surface area contributed by atoms with Crippen molar-refractivity contribution in [3.63, 3.8) is 0 Å². The van der Waals surface area contributed by atoms with Gasteiger partial charge in [-0.2, -0.15) is 0 Å². The summed E-state index contributed by atoms with van der Waals surface area (Å²) in [6.45, 7) is 7.32. The van der Waals surface area contributed by atoms with Gasteiger partial charge >= 0.3 is 5.97 Å². The van der Waals surface area contributed by atoms with Crippen LogP contribution in [0.4, 0.5) is 5.13 Å². The van der Waals surface area contributed by atoms with Gasteiger partial charge in [-0.15, -0.1) is 23.1 Å². The predicted octanol–water partition coefficient (Wildman–Crippen LogP) is 2.61. The number of amides is 1. The van der Waals surface area contributed by atoms with Crippen molar-refractivity contribution in [3.8, 4) is 0 Å². The molecule has 0 bridgehead atoms. The van der Waals surface area contributed by atoms with Crippen LogP contribution in [-0.4, -0.2) is 33.3 Å². The number of hydrogen-bond donors (Lipinski definition) is 1. The van der Waals surface area contributed by atoms with Crippen LogP contribution in [0.2, 0.25) is 0 Å². The number of anilines is 1. The Bertz CT molecular complexity index is 471. The number of carbonyl (C=O) groups is 2. The second kappa shape index (κ2) is 6.38. The molecule has 0 radical (unpaired) electrons. The first-order chi connectivity index (χ1) is 8.77. The lowest BCUT2D eigenvalue weighted by molar-refractivity contribution is -0.138. The van der Waals surface area contributed by atoms with Crippen LogP contribution in [0.1, 0.15) is 33.4 Å². The van der Waals surface area contributed by atoms with Gasteiger partial charge in [-0.3, -0.25) is 14.5 Å². The molecule has 0 fully saturated rings. The summed E-state index contributed by atoms with van der Waals surface area (Å²) in [5, 5.41) is 11.6. The molecule has 0 saturated heterocycles. The monoisotopic (exact) mass is 302 g/mol. The van der Waals surface area contributed by atoms with E-state index in [0.717, 1.165) is 5.69 Å². The summed E-state index contributed by atoms with van der Waals surface area (Å²) in [5.74, 6) is -0.362. The number of hydrogen-bond acceptors (Lipinski definition) is 5. The van der Waals surface area contributed by atoms with Gasteiger partial charge in [0.25, 0.3) is 0 Å². The zero-order valence-electron chi connectivity index (χ0n) is 11.5. The van der Waals surface area contributed by atoms with Gasteiger partial charge < -0.3 is 5.11 Å². The van der Waals surface area contributed by atoms with E-state index < -0.39 is 10.7 Å². The van der Waals surface area contributed by atoms with Crippen molar-refractivity contribution in [2.45, 2.75) is 38.2 Å². The molecule has 1 aromatic heterocycles. The van der Waals surface area contributed by atoms with Gasteiger partial charge in [0.15, 0.2) is 5.13 Å². The Morgan fingerprint density at radius 2 is 2.16 bits per heavy atom. The van der Waals surface area contributed by atoms with Crippen LogP contribution in [0.15, 0.2) is 5.38 Å². The van der Waals surface area contributed by atoms with Gasteiger partial charge in [-0.1, -0.05) is 0 Å². The van der Waals surface area contributed by atoms with E-state index in [2.05, 4.69) is 4.98 Å². The average molecular weight is 302 g/mol. The SMILES string of the molecule is CCN(C(C)=O)c1nc(CSC(C)(C)C(=O)O)cs1. The van der Waals surface area contributed by atoms with Crippen molar-refractivity contribution < 1.29 is 14.7 Å². The zero-order valence-corrected chi connectivity index (χ0v) is 13.1. The molecule has 0 atom stereocenters. The molecule has 0 unspecified atom stereocenters. The Hall–Kier alpha value is -1.08. The molecular formula is C12H18N2O3S2. The van der Waals surface area contributed by atoms with Crippen LogP contribution in [-0.2, 0) is 15.3 Å². The molecule has 5 nitrogen and oxygen atoms in total. The first-order valence-electron chi connectivity index (χ1n) is 5.87. The summed E-state index contributed by atoms with van der Waals surface area (Å²) >= 11 is 2.72. The number of rotatable bonds is 6. The smallest absolute Gasteiger partial charge is 0.319 e. The van der Waals surface area contributed by atoms with Gasteiger partial charge in [0.2, 0.25) is 5.91 Å². The number of nitrogens with zero attached hydrogens (tertiary/aromatic N) is 2. The molecular weight excluding hydrogens is 284 g/mol. The molecule has 0 aliphatic rings. The van der Waals surface area contributed by atoms with E-state index in [0.29, 0.717) is 17.4 Å². The molecule has 7 heteroatoms. The fraction of sp³-hybridized carbons (Fsp3) is 0.583. The first kappa shape index (κ1) is 16.0. The van der Waals surface area contributed by atoms with E-state index in [9.17, 15) is 9.59 Å². The van der Waals surface area contributed by atoms with E-state index in [4.69, 9.17) is 5.11 Å².